The van der Waals surface area contributed by atoms with Crippen molar-refractivity contribution in [2.75, 3.05) is 6.54 Å². The molecule has 1 aliphatic heterocycles. The van der Waals surface area contributed by atoms with Crippen LogP contribution in [0.3, 0.4) is 0 Å². The molecule has 5 rings (SSSR count). The third kappa shape index (κ3) is 4.81. The lowest BCUT2D eigenvalue weighted by Gasteiger charge is -2.28. The number of H-pyrrole nitrogens is 1. The number of nitrogens with zero attached hydrogens (tertiary/aromatic N) is 2. The van der Waals surface area contributed by atoms with Crippen LogP contribution in [0.2, 0.25) is 0 Å². The molecule has 1 N–H and O–H groups in total. The summed E-state index contributed by atoms with van der Waals surface area (Å²) in [5.74, 6) is 7.85. The van der Waals surface area contributed by atoms with E-state index < -0.39 is 0 Å². The minimum absolute atomic E-state index is 0.0656. The lowest BCUT2D eigenvalue weighted by Crippen LogP contribution is -2.36. The molecule has 0 amide bonds. The average molecular weight is 430 g/mol. The summed E-state index contributed by atoms with van der Waals surface area (Å²) < 4.78 is 0. The van der Waals surface area contributed by atoms with E-state index >= 15 is 0 Å². The fourth-order valence-corrected chi connectivity index (χ4v) is 5.51. The Bertz CT molecular complexity index is 1160. The molecule has 0 radical (unpaired) electrons. The monoisotopic (exact) mass is 429 g/mol. The van der Waals surface area contributed by atoms with Crippen LogP contribution in [-0.2, 0) is 19.5 Å². The molecule has 2 aliphatic rings. The van der Waals surface area contributed by atoms with Crippen molar-refractivity contribution in [2.24, 2.45) is 0 Å². The Morgan fingerprint density at radius 3 is 2.74 bits per heavy atom. The SMILES string of the molecule is O=c1[nH]c(C2CCCCC2)nc2c1CN(Cc1ccc(C#Cc3ccccc3)s1)CC2. The molecule has 1 aliphatic carbocycles. The zero-order chi connectivity index (χ0) is 21.0. The Balaban J connectivity index is 1.26. The predicted molar refractivity (Wildman–Crippen MR) is 125 cm³/mol. The molecule has 0 unspecified atom stereocenters. The van der Waals surface area contributed by atoms with Gasteiger partial charge in [-0.25, -0.2) is 4.98 Å². The lowest BCUT2D eigenvalue weighted by molar-refractivity contribution is 0.243. The number of nitrogens with one attached hydrogen (secondary N) is 1. The second-order valence-electron chi connectivity index (χ2n) is 8.55. The maximum atomic E-state index is 12.8. The van der Waals surface area contributed by atoms with Gasteiger partial charge in [-0.1, -0.05) is 49.3 Å². The van der Waals surface area contributed by atoms with Gasteiger partial charge in [0.15, 0.2) is 0 Å². The van der Waals surface area contributed by atoms with Crippen molar-refractivity contribution in [3.63, 3.8) is 0 Å². The van der Waals surface area contributed by atoms with Crippen molar-refractivity contribution < 1.29 is 0 Å². The second kappa shape index (κ2) is 9.21. The molecular formula is C26H27N3OS. The Kier molecular flexibility index (Phi) is 6.01. The topological polar surface area (TPSA) is 49.0 Å². The quantitative estimate of drug-likeness (QED) is 0.606. The van der Waals surface area contributed by atoms with E-state index in [9.17, 15) is 4.79 Å². The normalized spacial score (nSPS) is 17.0. The van der Waals surface area contributed by atoms with E-state index in [1.165, 1.54) is 24.1 Å². The van der Waals surface area contributed by atoms with Gasteiger partial charge in [0, 0.05) is 42.4 Å². The van der Waals surface area contributed by atoms with Crippen molar-refractivity contribution in [1.29, 1.82) is 0 Å². The van der Waals surface area contributed by atoms with Gasteiger partial charge in [0.2, 0.25) is 0 Å². The summed E-state index contributed by atoms with van der Waals surface area (Å²) in [6.45, 7) is 2.46. The molecule has 1 saturated carbocycles. The predicted octanol–water partition coefficient (Wildman–Crippen LogP) is 4.84. The number of aromatic amines is 1. The Hall–Kier alpha value is -2.68. The minimum atomic E-state index is 0.0656. The molecule has 0 bridgehead atoms. The highest BCUT2D eigenvalue weighted by atomic mass is 32.1. The number of hydrogen-bond donors (Lipinski definition) is 1. The number of aromatic nitrogens is 2. The average Bonchev–Trinajstić information content (AvgIpc) is 3.26. The highest BCUT2D eigenvalue weighted by Gasteiger charge is 2.24. The van der Waals surface area contributed by atoms with E-state index in [0.717, 1.165) is 59.9 Å². The molecule has 1 aromatic carbocycles. The van der Waals surface area contributed by atoms with Gasteiger partial charge in [-0.05, 0) is 37.1 Å². The molecule has 1 fully saturated rings. The maximum absolute atomic E-state index is 12.8. The fourth-order valence-electron chi connectivity index (χ4n) is 4.61. The highest BCUT2D eigenvalue weighted by Crippen LogP contribution is 2.31. The molecule has 5 heteroatoms. The van der Waals surface area contributed by atoms with Crippen molar-refractivity contribution >= 4 is 11.3 Å². The van der Waals surface area contributed by atoms with Crippen molar-refractivity contribution in [1.82, 2.24) is 14.9 Å². The minimum Gasteiger partial charge on any atom is -0.310 e. The van der Waals surface area contributed by atoms with Gasteiger partial charge in [0.1, 0.15) is 5.82 Å². The summed E-state index contributed by atoms with van der Waals surface area (Å²) in [6.07, 6.45) is 6.97. The van der Waals surface area contributed by atoms with Crippen LogP contribution in [0.5, 0.6) is 0 Å². The van der Waals surface area contributed by atoms with Gasteiger partial charge in [-0.3, -0.25) is 9.69 Å². The smallest absolute Gasteiger partial charge is 0.255 e. The number of rotatable bonds is 3. The second-order valence-corrected chi connectivity index (χ2v) is 9.72. The number of thiophene rings is 1. The largest absolute Gasteiger partial charge is 0.310 e. The maximum Gasteiger partial charge on any atom is 0.255 e. The van der Waals surface area contributed by atoms with E-state index in [2.05, 4.69) is 33.9 Å². The first-order chi connectivity index (χ1) is 15.2. The summed E-state index contributed by atoms with van der Waals surface area (Å²) in [5, 5.41) is 0. The summed E-state index contributed by atoms with van der Waals surface area (Å²) in [7, 11) is 0. The van der Waals surface area contributed by atoms with Crippen molar-refractivity contribution in [3.8, 4) is 11.8 Å². The molecule has 2 aromatic heterocycles. The number of hydrogen-bond acceptors (Lipinski definition) is 4. The van der Waals surface area contributed by atoms with Crippen LogP contribution in [0.1, 0.15) is 70.4 Å². The summed E-state index contributed by atoms with van der Waals surface area (Å²) >= 11 is 1.74. The van der Waals surface area contributed by atoms with Crippen LogP contribution in [-0.4, -0.2) is 21.4 Å². The number of fused-ring (bicyclic) bond motifs is 1. The molecule has 3 heterocycles. The van der Waals surface area contributed by atoms with Crippen LogP contribution in [0.25, 0.3) is 0 Å². The molecule has 0 saturated heterocycles. The first-order valence-electron chi connectivity index (χ1n) is 11.2. The van der Waals surface area contributed by atoms with Crippen LogP contribution in [0.15, 0.2) is 47.3 Å². The van der Waals surface area contributed by atoms with Crippen LogP contribution < -0.4 is 5.56 Å². The Labute approximate surface area is 187 Å². The summed E-state index contributed by atoms with van der Waals surface area (Å²) in [4.78, 5) is 25.5. The van der Waals surface area contributed by atoms with Crippen molar-refractivity contribution in [2.45, 2.75) is 57.5 Å². The summed E-state index contributed by atoms with van der Waals surface area (Å²) in [5.41, 5.74) is 2.97. The van der Waals surface area contributed by atoms with Crippen LogP contribution in [0, 0.1) is 11.8 Å². The van der Waals surface area contributed by atoms with E-state index in [4.69, 9.17) is 4.98 Å². The Morgan fingerprint density at radius 2 is 1.90 bits per heavy atom. The van der Waals surface area contributed by atoms with E-state index in [1.54, 1.807) is 11.3 Å². The number of benzene rings is 1. The lowest BCUT2D eigenvalue weighted by atomic mass is 9.88. The van der Waals surface area contributed by atoms with Crippen LogP contribution in [0.4, 0.5) is 0 Å². The fraction of sp³-hybridized carbons (Fsp3) is 0.385. The molecule has 31 heavy (non-hydrogen) atoms. The standard InChI is InChI=1S/C26H27N3OS/c30-26-23-18-29(16-15-24(23)27-25(28-26)20-9-5-2-6-10-20)17-22-14-13-21(31-22)12-11-19-7-3-1-4-8-19/h1,3-4,7-8,13-14,20H,2,5-6,9-10,15-18H2,(H,27,28,30). The molecule has 158 valence electrons. The third-order valence-electron chi connectivity index (χ3n) is 6.30. The molecule has 0 spiro atoms. The van der Waals surface area contributed by atoms with E-state index in [0.29, 0.717) is 12.5 Å². The molecule has 0 atom stereocenters. The zero-order valence-electron chi connectivity index (χ0n) is 17.7. The van der Waals surface area contributed by atoms with Gasteiger partial charge >= 0.3 is 0 Å². The molecule has 4 nitrogen and oxygen atoms in total. The van der Waals surface area contributed by atoms with Gasteiger partial charge in [0.05, 0.1) is 16.1 Å². The van der Waals surface area contributed by atoms with Crippen molar-refractivity contribution in [3.05, 3.63) is 85.2 Å². The molecule has 3 aromatic rings. The van der Waals surface area contributed by atoms with Crippen LogP contribution >= 0.6 is 11.3 Å². The summed E-state index contributed by atoms with van der Waals surface area (Å²) in [6, 6.07) is 14.3. The van der Waals surface area contributed by atoms with Gasteiger partial charge < -0.3 is 4.98 Å². The third-order valence-corrected chi connectivity index (χ3v) is 7.29. The Morgan fingerprint density at radius 1 is 1.06 bits per heavy atom. The van der Waals surface area contributed by atoms with E-state index in [-0.39, 0.29) is 5.56 Å². The van der Waals surface area contributed by atoms with E-state index in [1.807, 2.05) is 30.3 Å². The van der Waals surface area contributed by atoms with Gasteiger partial charge in [-0.2, -0.15) is 0 Å². The van der Waals surface area contributed by atoms with Gasteiger partial charge in [-0.15, -0.1) is 11.3 Å². The first kappa shape index (κ1) is 20.2. The zero-order valence-corrected chi connectivity index (χ0v) is 18.5. The van der Waals surface area contributed by atoms with Gasteiger partial charge in [0.25, 0.3) is 5.56 Å². The highest BCUT2D eigenvalue weighted by molar-refractivity contribution is 7.12. The first-order valence-corrected chi connectivity index (χ1v) is 12.1. The molecular weight excluding hydrogens is 402 g/mol.